The number of H-pyrrole nitrogens is 1. The Bertz CT molecular complexity index is 709. The van der Waals surface area contributed by atoms with Gasteiger partial charge in [0.2, 0.25) is 0 Å². The largest absolute Gasteiger partial charge is 0.478 e. The van der Waals surface area contributed by atoms with Crippen molar-refractivity contribution in [3.05, 3.63) is 39.3 Å². The Kier molecular flexibility index (Phi) is 4.76. The standard InChI is InChI=1S/C12H13N3O5S/c1-6-9(11(16)17)10(14-12(18)13-6)21-5-7-3-8(4-19-2)20-15-7/h3H,4-5H2,1-2H3,(H,16,17)(H,13,14,18). The number of hydrogen-bond acceptors (Lipinski definition) is 7. The Labute approximate surface area is 123 Å². The third-order valence-electron chi connectivity index (χ3n) is 2.55. The lowest BCUT2D eigenvalue weighted by Crippen LogP contribution is -2.18. The Morgan fingerprint density at radius 2 is 2.33 bits per heavy atom. The van der Waals surface area contributed by atoms with Crippen molar-refractivity contribution in [2.75, 3.05) is 7.11 Å². The van der Waals surface area contributed by atoms with Crippen LogP contribution in [0.25, 0.3) is 0 Å². The summed E-state index contributed by atoms with van der Waals surface area (Å²) in [5.41, 5.74) is 0.286. The smallest absolute Gasteiger partial charge is 0.346 e. The van der Waals surface area contributed by atoms with E-state index in [2.05, 4.69) is 15.1 Å². The number of carboxylic acids is 1. The summed E-state index contributed by atoms with van der Waals surface area (Å²) in [5.74, 6) is -0.232. The molecule has 2 aromatic rings. The molecular weight excluding hydrogens is 298 g/mol. The molecule has 0 saturated heterocycles. The van der Waals surface area contributed by atoms with E-state index in [9.17, 15) is 14.7 Å². The molecule has 0 unspecified atom stereocenters. The van der Waals surface area contributed by atoms with Gasteiger partial charge in [-0.2, -0.15) is 4.98 Å². The van der Waals surface area contributed by atoms with E-state index < -0.39 is 11.7 Å². The van der Waals surface area contributed by atoms with Gasteiger partial charge in [0.15, 0.2) is 5.76 Å². The minimum Gasteiger partial charge on any atom is -0.478 e. The number of nitrogens with zero attached hydrogens (tertiary/aromatic N) is 2. The highest BCUT2D eigenvalue weighted by molar-refractivity contribution is 7.98. The van der Waals surface area contributed by atoms with E-state index in [1.165, 1.54) is 6.92 Å². The number of aromatic nitrogens is 3. The number of aromatic carboxylic acids is 1. The Morgan fingerprint density at radius 3 is 3.00 bits per heavy atom. The second-order valence-corrected chi connectivity index (χ2v) is 5.12. The van der Waals surface area contributed by atoms with Crippen molar-refractivity contribution in [3.8, 4) is 0 Å². The maximum absolute atomic E-state index is 11.4. The van der Waals surface area contributed by atoms with Gasteiger partial charge in [-0.25, -0.2) is 9.59 Å². The molecule has 2 aromatic heterocycles. The van der Waals surface area contributed by atoms with Gasteiger partial charge in [-0.1, -0.05) is 16.9 Å². The molecule has 0 amide bonds. The molecule has 0 fully saturated rings. The van der Waals surface area contributed by atoms with Crippen molar-refractivity contribution in [1.29, 1.82) is 0 Å². The van der Waals surface area contributed by atoms with Gasteiger partial charge in [-0.05, 0) is 6.92 Å². The fourth-order valence-corrected chi connectivity index (χ4v) is 2.64. The van der Waals surface area contributed by atoms with Gasteiger partial charge < -0.3 is 19.4 Å². The molecule has 21 heavy (non-hydrogen) atoms. The normalized spacial score (nSPS) is 10.8. The van der Waals surface area contributed by atoms with Crippen molar-refractivity contribution < 1.29 is 19.2 Å². The highest BCUT2D eigenvalue weighted by Crippen LogP contribution is 2.24. The number of rotatable bonds is 6. The van der Waals surface area contributed by atoms with Gasteiger partial charge in [-0.15, -0.1) is 0 Å². The topological polar surface area (TPSA) is 118 Å². The molecule has 0 bridgehead atoms. The summed E-state index contributed by atoms with van der Waals surface area (Å²) >= 11 is 1.11. The Balaban J connectivity index is 2.19. The zero-order chi connectivity index (χ0) is 15.4. The highest BCUT2D eigenvalue weighted by atomic mass is 32.2. The predicted octanol–water partition coefficient (Wildman–Crippen LogP) is 1.20. The molecule has 0 radical (unpaired) electrons. The monoisotopic (exact) mass is 311 g/mol. The van der Waals surface area contributed by atoms with Crippen LogP contribution in [-0.2, 0) is 17.1 Å². The maximum Gasteiger partial charge on any atom is 0.346 e. The van der Waals surface area contributed by atoms with E-state index in [0.29, 0.717) is 23.8 Å². The molecule has 0 aliphatic rings. The lowest BCUT2D eigenvalue weighted by molar-refractivity contribution is 0.0690. The van der Waals surface area contributed by atoms with Crippen LogP contribution in [0.2, 0.25) is 0 Å². The fraction of sp³-hybridized carbons (Fsp3) is 0.333. The zero-order valence-electron chi connectivity index (χ0n) is 11.4. The molecule has 0 saturated carbocycles. The molecule has 0 atom stereocenters. The number of thioether (sulfide) groups is 1. The number of nitrogens with one attached hydrogen (secondary N) is 1. The summed E-state index contributed by atoms with van der Waals surface area (Å²) in [5, 5.41) is 13.2. The molecule has 0 aliphatic heterocycles. The molecule has 2 heterocycles. The fourth-order valence-electron chi connectivity index (χ4n) is 1.69. The Hall–Kier alpha value is -2.13. The van der Waals surface area contributed by atoms with Gasteiger partial charge in [-0.3, -0.25) is 0 Å². The first-order valence-corrected chi connectivity index (χ1v) is 6.90. The lowest BCUT2D eigenvalue weighted by Gasteiger charge is -2.05. The van der Waals surface area contributed by atoms with Crippen LogP contribution in [-0.4, -0.2) is 33.3 Å². The van der Waals surface area contributed by atoms with Crippen LogP contribution in [0.4, 0.5) is 0 Å². The highest BCUT2D eigenvalue weighted by Gasteiger charge is 2.17. The molecule has 0 aliphatic carbocycles. The van der Waals surface area contributed by atoms with Crippen molar-refractivity contribution in [3.63, 3.8) is 0 Å². The lowest BCUT2D eigenvalue weighted by atomic mass is 10.2. The van der Waals surface area contributed by atoms with Gasteiger partial charge in [0.1, 0.15) is 17.2 Å². The van der Waals surface area contributed by atoms with E-state index in [1.54, 1.807) is 13.2 Å². The van der Waals surface area contributed by atoms with E-state index in [4.69, 9.17) is 9.26 Å². The van der Waals surface area contributed by atoms with Crippen LogP contribution in [0, 0.1) is 6.92 Å². The summed E-state index contributed by atoms with van der Waals surface area (Å²) in [7, 11) is 1.54. The van der Waals surface area contributed by atoms with Crippen LogP contribution < -0.4 is 5.69 Å². The molecule has 9 heteroatoms. The first-order chi connectivity index (χ1) is 10.0. The summed E-state index contributed by atoms with van der Waals surface area (Å²) < 4.78 is 9.94. The summed E-state index contributed by atoms with van der Waals surface area (Å²) in [6.45, 7) is 1.82. The Morgan fingerprint density at radius 1 is 1.57 bits per heavy atom. The molecule has 112 valence electrons. The van der Waals surface area contributed by atoms with Crippen molar-refractivity contribution in [2.24, 2.45) is 0 Å². The summed E-state index contributed by atoms with van der Waals surface area (Å²) in [4.78, 5) is 28.7. The number of carboxylic acid groups (broad SMARTS) is 1. The molecule has 2 rings (SSSR count). The quantitative estimate of drug-likeness (QED) is 0.603. The number of methoxy groups -OCH3 is 1. The number of hydrogen-bond donors (Lipinski definition) is 2. The van der Waals surface area contributed by atoms with E-state index in [0.717, 1.165) is 11.8 Å². The van der Waals surface area contributed by atoms with Gasteiger partial charge in [0.05, 0.1) is 5.69 Å². The minimum absolute atomic E-state index is 0.0137. The average Bonchev–Trinajstić information content (AvgIpc) is 2.83. The molecule has 0 spiro atoms. The maximum atomic E-state index is 11.4. The summed E-state index contributed by atoms with van der Waals surface area (Å²) in [6, 6.07) is 1.71. The van der Waals surface area contributed by atoms with Crippen LogP contribution in [0.1, 0.15) is 27.5 Å². The first-order valence-electron chi connectivity index (χ1n) is 5.91. The average molecular weight is 311 g/mol. The van der Waals surface area contributed by atoms with Gasteiger partial charge in [0, 0.05) is 24.6 Å². The van der Waals surface area contributed by atoms with Crippen molar-refractivity contribution in [2.45, 2.75) is 24.3 Å². The van der Waals surface area contributed by atoms with E-state index >= 15 is 0 Å². The summed E-state index contributed by atoms with van der Waals surface area (Å²) in [6.07, 6.45) is 0. The number of carbonyl (C=O) groups is 1. The van der Waals surface area contributed by atoms with E-state index in [-0.39, 0.29) is 16.3 Å². The third-order valence-corrected chi connectivity index (χ3v) is 3.56. The van der Waals surface area contributed by atoms with Gasteiger partial charge in [0.25, 0.3) is 0 Å². The molecular formula is C12H13N3O5S. The number of ether oxygens (including phenoxy) is 1. The van der Waals surface area contributed by atoms with Crippen molar-refractivity contribution >= 4 is 17.7 Å². The van der Waals surface area contributed by atoms with Crippen LogP contribution in [0.15, 0.2) is 20.4 Å². The minimum atomic E-state index is -1.14. The van der Waals surface area contributed by atoms with Crippen LogP contribution in [0.3, 0.4) is 0 Å². The second-order valence-electron chi connectivity index (χ2n) is 4.16. The molecule has 2 N–H and O–H groups in total. The van der Waals surface area contributed by atoms with Crippen LogP contribution >= 0.6 is 11.8 Å². The van der Waals surface area contributed by atoms with Crippen LogP contribution in [0.5, 0.6) is 0 Å². The van der Waals surface area contributed by atoms with Gasteiger partial charge >= 0.3 is 11.7 Å². The number of aryl methyl sites for hydroxylation is 1. The molecule has 0 aromatic carbocycles. The second kappa shape index (κ2) is 6.55. The number of aromatic amines is 1. The van der Waals surface area contributed by atoms with E-state index in [1.807, 2.05) is 0 Å². The predicted molar refractivity (Wildman–Crippen MR) is 73.3 cm³/mol. The zero-order valence-corrected chi connectivity index (χ0v) is 12.2. The first kappa shape index (κ1) is 15.3. The third kappa shape index (κ3) is 3.70. The molecule has 8 nitrogen and oxygen atoms in total. The van der Waals surface area contributed by atoms with Crippen molar-refractivity contribution in [1.82, 2.24) is 15.1 Å². The SMILES string of the molecule is COCc1cc(CSc2nc(=O)[nH]c(C)c2C(=O)O)no1.